The van der Waals surface area contributed by atoms with E-state index >= 15 is 0 Å². The normalized spacial score (nSPS) is 9.33. The third-order valence-corrected chi connectivity index (χ3v) is 0.480. The quantitative estimate of drug-likeness (QED) is 0.428. The van der Waals surface area contributed by atoms with Crippen LogP contribution in [0.25, 0.3) is 0 Å². The summed E-state index contributed by atoms with van der Waals surface area (Å²) in [5, 5.41) is 0. The van der Waals surface area contributed by atoms with Crippen LogP contribution in [-0.2, 0) is 20.1 Å². The van der Waals surface area contributed by atoms with Crippen molar-refractivity contribution in [3.63, 3.8) is 0 Å². The minimum atomic E-state index is 0. The van der Waals surface area contributed by atoms with Crippen molar-refractivity contribution >= 4 is 6.21 Å². The average Bonchev–Trinajstić information content (AvgIpc) is 1.81. The first-order valence-corrected chi connectivity index (χ1v) is 2.24. The molecule has 0 aromatic heterocycles. The SMILES string of the molecule is C=C[C-]=CC=NC=C.[Ir]. The number of hydrogen-bond donors (Lipinski definition) is 0. The predicted molar refractivity (Wildman–Crippen MR) is 36.7 cm³/mol. The molecule has 0 N–H and O–H groups in total. The summed E-state index contributed by atoms with van der Waals surface area (Å²) in [7, 11) is 0. The van der Waals surface area contributed by atoms with Gasteiger partial charge in [-0.1, -0.05) is 12.8 Å². The molecule has 9 heavy (non-hydrogen) atoms. The molecule has 0 saturated carbocycles. The molecule has 0 aliphatic heterocycles. The maximum atomic E-state index is 3.68. The van der Waals surface area contributed by atoms with Gasteiger partial charge in [0, 0.05) is 26.3 Å². The number of rotatable bonds is 3. The third kappa shape index (κ3) is 11.2. The summed E-state index contributed by atoms with van der Waals surface area (Å²) in [6, 6.07) is 0. The maximum Gasteiger partial charge on any atom is 0.00452 e. The first-order valence-electron chi connectivity index (χ1n) is 2.24. The van der Waals surface area contributed by atoms with E-state index in [4.69, 9.17) is 0 Å². The van der Waals surface area contributed by atoms with Crippen molar-refractivity contribution in [3.8, 4) is 0 Å². The zero-order chi connectivity index (χ0) is 6.24. The van der Waals surface area contributed by atoms with Crippen molar-refractivity contribution in [2.45, 2.75) is 0 Å². The molecular weight excluding hydrogens is 290 g/mol. The molecule has 51 valence electrons. The van der Waals surface area contributed by atoms with Gasteiger partial charge < -0.3 is 4.99 Å². The first kappa shape index (κ1) is 11.4. The van der Waals surface area contributed by atoms with Crippen LogP contribution in [0.5, 0.6) is 0 Å². The van der Waals surface area contributed by atoms with Crippen LogP contribution in [0.2, 0.25) is 0 Å². The van der Waals surface area contributed by atoms with Crippen molar-refractivity contribution in [1.82, 2.24) is 0 Å². The Kier molecular flexibility index (Phi) is 13.3. The Bertz CT molecular complexity index is 109. The van der Waals surface area contributed by atoms with Gasteiger partial charge in [-0.15, -0.1) is 0 Å². The Balaban J connectivity index is 0. The number of nitrogens with zero attached hydrogens (tertiary/aromatic N) is 1. The van der Waals surface area contributed by atoms with Gasteiger partial charge >= 0.3 is 0 Å². The Morgan fingerprint density at radius 3 is 2.44 bits per heavy atom. The van der Waals surface area contributed by atoms with Gasteiger partial charge in [0.15, 0.2) is 0 Å². The largest absolute Gasteiger partial charge is 0.328 e. The molecule has 0 aliphatic rings. The smallest absolute Gasteiger partial charge is 0.00452 e. The molecule has 0 fully saturated rings. The van der Waals surface area contributed by atoms with Crippen LogP contribution in [0, 0.1) is 6.08 Å². The molecule has 1 radical (unpaired) electrons. The van der Waals surface area contributed by atoms with Gasteiger partial charge in [0.25, 0.3) is 0 Å². The minimum absolute atomic E-state index is 0. The molecule has 0 bridgehead atoms. The van der Waals surface area contributed by atoms with Crippen molar-refractivity contribution < 1.29 is 20.1 Å². The van der Waals surface area contributed by atoms with Crippen molar-refractivity contribution in [1.29, 1.82) is 0 Å². The summed E-state index contributed by atoms with van der Waals surface area (Å²) >= 11 is 0. The Morgan fingerprint density at radius 2 is 2.00 bits per heavy atom. The first-order chi connectivity index (χ1) is 3.91. The fourth-order valence-corrected chi connectivity index (χ4v) is 0.215. The molecule has 0 amide bonds. The fraction of sp³-hybridized carbons (Fsp3) is 0. The molecule has 0 aromatic carbocycles. The maximum absolute atomic E-state index is 3.68. The molecule has 0 aliphatic carbocycles. The summed E-state index contributed by atoms with van der Waals surface area (Å²) in [6.07, 6.45) is 9.00. The predicted octanol–water partition coefficient (Wildman–Crippen LogP) is 1.74. The van der Waals surface area contributed by atoms with E-state index in [1.165, 1.54) is 6.20 Å². The number of hydrogen-bond acceptors (Lipinski definition) is 1. The second-order valence-electron chi connectivity index (χ2n) is 1.02. The van der Waals surface area contributed by atoms with E-state index in [1.54, 1.807) is 18.4 Å². The zero-order valence-corrected chi connectivity index (χ0v) is 7.40. The number of aliphatic imine (C=N–C) groups is 1. The molecule has 1 nitrogen and oxygen atoms in total. The van der Waals surface area contributed by atoms with E-state index < -0.39 is 0 Å². The van der Waals surface area contributed by atoms with E-state index in [1.807, 2.05) is 0 Å². The summed E-state index contributed by atoms with van der Waals surface area (Å²) in [5.74, 6) is 0. The van der Waals surface area contributed by atoms with E-state index in [9.17, 15) is 0 Å². The van der Waals surface area contributed by atoms with Gasteiger partial charge in [-0.2, -0.15) is 24.8 Å². The molecule has 0 heterocycles. The molecule has 0 rings (SSSR count). The van der Waals surface area contributed by atoms with Gasteiger partial charge in [-0.3, -0.25) is 0 Å². The molecule has 0 spiro atoms. The van der Waals surface area contributed by atoms with E-state index in [2.05, 4.69) is 24.2 Å². The zero-order valence-electron chi connectivity index (χ0n) is 5.00. The molecule has 2 heteroatoms. The fourth-order valence-electron chi connectivity index (χ4n) is 0.215. The molecule has 0 aromatic rings. The van der Waals surface area contributed by atoms with Crippen LogP contribution in [0.4, 0.5) is 0 Å². The van der Waals surface area contributed by atoms with Crippen LogP contribution in [-0.4, -0.2) is 6.21 Å². The average molecular weight is 298 g/mol. The summed E-state index contributed by atoms with van der Waals surface area (Å²) in [4.78, 5) is 3.68. The monoisotopic (exact) mass is 299 g/mol. The molecule has 0 atom stereocenters. The molecular formula is C7H8IrN-. The Labute approximate surface area is 69.2 Å². The van der Waals surface area contributed by atoms with Crippen LogP contribution in [0.15, 0.2) is 36.5 Å². The van der Waals surface area contributed by atoms with E-state index in [0.717, 1.165) is 0 Å². The van der Waals surface area contributed by atoms with Gasteiger partial charge in [-0.05, 0) is 0 Å². The van der Waals surface area contributed by atoms with Gasteiger partial charge in [0.1, 0.15) is 0 Å². The van der Waals surface area contributed by atoms with Crippen molar-refractivity contribution in [2.24, 2.45) is 4.99 Å². The topological polar surface area (TPSA) is 12.4 Å². The van der Waals surface area contributed by atoms with Crippen LogP contribution >= 0.6 is 0 Å². The van der Waals surface area contributed by atoms with Gasteiger partial charge in [-0.25, -0.2) is 0 Å². The van der Waals surface area contributed by atoms with Crippen molar-refractivity contribution in [3.05, 3.63) is 37.6 Å². The standard InChI is InChI=1S/C7H8N.Ir/c1-3-5-6-7-8-4-2;/h3-4,6-7H,1-2H2;/q-1;. The minimum Gasteiger partial charge on any atom is -0.328 e. The van der Waals surface area contributed by atoms with E-state index in [0.29, 0.717) is 0 Å². The van der Waals surface area contributed by atoms with Crippen molar-refractivity contribution in [2.75, 3.05) is 0 Å². The second kappa shape index (κ2) is 10.5. The Morgan fingerprint density at radius 1 is 1.33 bits per heavy atom. The Hall–Kier alpha value is -0.461. The summed E-state index contributed by atoms with van der Waals surface area (Å²) < 4.78 is 0. The molecule has 0 saturated heterocycles. The van der Waals surface area contributed by atoms with E-state index in [-0.39, 0.29) is 20.1 Å². The van der Waals surface area contributed by atoms with Gasteiger partial charge in [0.05, 0.1) is 0 Å². The number of allylic oxidation sites excluding steroid dienone is 3. The second-order valence-corrected chi connectivity index (χ2v) is 1.02. The van der Waals surface area contributed by atoms with Crippen LogP contribution < -0.4 is 0 Å². The van der Waals surface area contributed by atoms with Crippen LogP contribution in [0.3, 0.4) is 0 Å². The van der Waals surface area contributed by atoms with Gasteiger partial charge in [0.2, 0.25) is 0 Å². The van der Waals surface area contributed by atoms with Crippen LogP contribution in [0.1, 0.15) is 0 Å². The summed E-state index contributed by atoms with van der Waals surface area (Å²) in [6.45, 7) is 6.82. The summed E-state index contributed by atoms with van der Waals surface area (Å²) in [5.41, 5.74) is 0. The molecule has 0 unspecified atom stereocenters. The third-order valence-electron chi connectivity index (χ3n) is 0.480.